The first kappa shape index (κ1) is 12.6. The highest BCUT2D eigenvalue weighted by Gasteiger charge is 2.05. The summed E-state index contributed by atoms with van der Waals surface area (Å²) < 4.78 is 5.90. The minimum Gasteiger partial charge on any atom is -0.488 e. The van der Waals surface area contributed by atoms with Crippen molar-refractivity contribution in [3.05, 3.63) is 71.9 Å². The lowest BCUT2D eigenvalue weighted by Gasteiger charge is -2.11. The van der Waals surface area contributed by atoms with Crippen molar-refractivity contribution in [1.29, 1.82) is 0 Å². The van der Waals surface area contributed by atoms with Crippen molar-refractivity contribution in [2.75, 3.05) is 0 Å². The van der Waals surface area contributed by atoms with Crippen LogP contribution in [0.3, 0.4) is 0 Å². The van der Waals surface area contributed by atoms with Crippen molar-refractivity contribution >= 4 is 10.9 Å². The number of rotatable bonds is 4. The fourth-order valence-corrected chi connectivity index (χ4v) is 2.25. The first-order chi connectivity index (χ1) is 9.88. The lowest BCUT2D eigenvalue weighted by atomic mass is 10.1. The van der Waals surface area contributed by atoms with Gasteiger partial charge in [-0.3, -0.25) is 4.98 Å². The van der Waals surface area contributed by atoms with Crippen LogP contribution < -0.4 is 10.5 Å². The van der Waals surface area contributed by atoms with Crippen LogP contribution in [0.25, 0.3) is 10.9 Å². The molecule has 2 aromatic carbocycles. The van der Waals surface area contributed by atoms with Crippen molar-refractivity contribution < 1.29 is 4.74 Å². The van der Waals surface area contributed by atoms with Gasteiger partial charge < -0.3 is 10.5 Å². The predicted molar refractivity (Wildman–Crippen MR) is 80.4 cm³/mol. The van der Waals surface area contributed by atoms with Crippen LogP contribution in [0.5, 0.6) is 5.75 Å². The molecule has 0 amide bonds. The second-order valence-corrected chi connectivity index (χ2v) is 4.59. The van der Waals surface area contributed by atoms with E-state index in [1.54, 1.807) is 6.20 Å². The summed E-state index contributed by atoms with van der Waals surface area (Å²) in [6, 6.07) is 18.0. The fourth-order valence-electron chi connectivity index (χ4n) is 2.25. The summed E-state index contributed by atoms with van der Waals surface area (Å²) in [7, 11) is 0. The van der Waals surface area contributed by atoms with Gasteiger partial charge in [-0.1, -0.05) is 42.5 Å². The highest BCUT2D eigenvalue weighted by Crippen LogP contribution is 2.21. The molecule has 0 saturated heterocycles. The molecule has 0 bridgehead atoms. The summed E-state index contributed by atoms with van der Waals surface area (Å²) in [5.41, 5.74) is 8.80. The minimum atomic E-state index is 0.476. The van der Waals surface area contributed by atoms with Crippen LogP contribution in [-0.4, -0.2) is 4.98 Å². The molecule has 0 fully saturated rings. The molecule has 0 aliphatic carbocycles. The second-order valence-electron chi connectivity index (χ2n) is 4.59. The molecule has 2 N–H and O–H groups in total. The normalized spacial score (nSPS) is 10.7. The Morgan fingerprint density at radius 2 is 1.70 bits per heavy atom. The standard InChI is InChI=1S/C17H16N2O/c18-11-14-5-1-2-9-16(14)20-12-15-7-3-6-13-8-4-10-19-17(13)15/h1-10H,11-12,18H2. The van der Waals surface area contributed by atoms with E-state index in [-0.39, 0.29) is 0 Å². The van der Waals surface area contributed by atoms with Gasteiger partial charge in [0.25, 0.3) is 0 Å². The van der Waals surface area contributed by atoms with E-state index in [0.29, 0.717) is 13.2 Å². The van der Waals surface area contributed by atoms with Crippen molar-refractivity contribution in [1.82, 2.24) is 4.98 Å². The average molecular weight is 264 g/mol. The minimum absolute atomic E-state index is 0.476. The Hall–Kier alpha value is -2.39. The third-order valence-corrected chi connectivity index (χ3v) is 3.29. The molecule has 3 nitrogen and oxygen atoms in total. The molecular weight excluding hydrogens is 248 g/mol. The van der Waals surface area contributed by atoms with E-state index in [0.717, 1.165) is 27.8 Å². The van der Waals surface area contributed by atoms with Gasteiger partial charge in [-0.05, 0) is 12.1 Å². The average Bonchev–Trinajstić information content (AvgIpc) is 2.53. The Bertz CT molecular complexity index is 720. The van der Waals surface area contributed by atoms with Crippen LogP contribution in [-0.2, 0) is 13.2 Å². The Kier molecular flexibility index (Phi) is 3.61. The third kappa shape index (κ3) is 2.49. The number of hydrogen-bond donors (Lipinski definition) is 1. The van der Waals surface area contributed by atoms with Crippen molar-refractivity contribution in [3.8, 4) is 5.75 Å². The quantitative estimate of drug-likeness (QED) is 0.786. The third-order valence-electron chi connectivity index (χ3n) is 3.29. The molecule has 1 aromatic heterocycles. The molecule has 3 aromatic rings. The molecule has 0 aliphatic rings. The SMILES string of the molecule is NCc1ccccc1OCc1cccc2cccnc12. The van der Waals surface area contributed by atoms with E-state index in [9.17, 15) is 0 Å². The molecular formula is C17H16N2O. The highest BCUT2D eigenvalue weighted by atomic mass is 16.5. The van der Waals surface area contributed by atoms with Crippen LogP contribution in [0.4, 0.5) is 0 Å². The fraction of sp³-hybridized carbons (Fsp3) is 0.118. The van der Waals surface area contributed by atoms with Crippen LogP contribution in [0.2, 0.25) is 0 Å². The Labute approximate surface area is 118 Å². The summed E-state index contributed by atoms with van der Waals surface area (Å²) in [5, 5.41) is 1.13. The van der Waals surface area contributed by atoms with E-state index in [2.05, 4.69) is 17.1 Å². The zero-order chi connectivity index (χ0) is 13.8. The summed E-state index contributed by atoms with van der Waals surface area (Å²) in [5.74, 6) is 0.836. The molecule has 0 aliphatic heterocycles. The first-order valence-corrected chi connectivity index (χ1v) is 6.62. The van der Waals surface area contributed by atoms with Gasteiger partial charge in [0.1, 0.15) is 12.4 Å². The van der Waals surface area contributed by atoms with Gasteiger partial charge in [0.05, 0.1) is 5.52 Å². The van der Waals surface area contributed by atoms with Crippen molar-refractivity contribution in [3.63, 3.8) is 0 Å². The van der Waals surface area contributed by atoms with Gasteiger partial charge >= 0.3 is 0 Å². The summed E-state index contributed by atoms with van der Waals surface area (Å²) in [6.45, 7) is 0.968. The maximum atomic E-state index is 5.90. The topological polar surface area (TPSA) is 48.1 Å². The van der Waals surface area contributed by atoms with Gasteiger partial charge in [0.2, 0.25) is 0 Å². The van der Waals surface area contributed by atoms with Crippen LogP contribution in [0.15, 0.2) is 60.8 Å². The Morgan fingerprint density at radius 1 is 0.900 bits per heavy atom. The molecule has 3 rings (SSSR count). The summed E-state index contributed by atoms with van der Waals surface area (Å²) in [6.07, 6.45) is 1.81. The van der Waals surface area contributed by atoms with Crippen LogP contribution in [0, 0.1) is 0 Å². The number of aromatic nitrogens is 1. The molecule has 0 atom stereocenters. The zero-order valence-electron chi connectivity index (χ0n) is 11.1. The lowest BCUT2D eigenvalue weighted by Crippen LogP contribution is -2.03. The molecule has 0 spiro atoms. The smallest absolute Gasteiger partial charge is 0.124 e. The van der Waals surface area contributed by atoms with Gasteiger partial charge in [0, 0.05) is 29.3 Å². The largest absolute Gasteiger partial charge is 0.488 e. The van der Waals surface area contributed by atoms with Crippen LogP contribution in [0.1, 0.15) is 11.1 Å². The first-order valence-electron chi connectivity index (χ1n) is 6.62. The number of benzene rings is 2. The number of pyridine rings is 1. The van der Waals surface area contributed by atoms with E-state index < -0.39 is 0 Å². The van der Waals surface area contributed by atoms with Crippen molar-refractivity contribution in [2.24, 2.45) is 5.73 Å². The van der Waals surface area contributed by atoms with E-state index in [1.807, 2.05) is 42.5 Å². The van der Waals surface area contributed by atoms with Gasteiger partial charge in [-0.15, -0.1) is 0 Å². The van der Waals surface area contributed by atoms with Gasteiger partial charge in [-0.25, -0.2) is 0 Å². The molecule has 1 heterocycles. The Morgan fingerprint density at radius 3 is 2.60 bits per heavy atom. The maximum Gasteiger partial charge on any atom is 0.124 e. The molecule has 0 unspecified atom stereocenters. The number of fused-ring (bicyclic) bond motifs is 1. The van der Waals surface area contributed by atoms with Gasteiger partial charge in [-0.2, -0.15) is 0 Å². The number of nitrogens with two attached hydrogens (primary N) is 1. The number of para-hydroxylation sites is 2. The molecule has 0 radical (unpaired) electrons. The van der Waals surface area contributed by atoms with E-state index in [1.165, 1.54) is 0 Å². The lowest BCUT2D eigenvalue weighted by molar-refractivity contribution is 0.304. The predicted octanol–water partition coefficient (Wildman–Crippen LogP) is 3.27. The van der Waals surface area contributed by atoms with Crippen molar-refractivity contribution in [2.45, 2.75) is 13.2 Å². The molecule has 3 heteroatoms. The molecule has 20 heavy (non-hydrogen) atoms. The highest BCUT2D eigenvalue weighted by molar-refractivity contribution is 5.81. The number of nitrogens with zero attached hydrogens (tertiary/aromatic N) is 1. The van der Waals surface area contributed by atoms with E-state index in [4.69, 9.17) is 10.5 Å². The zero-order valence-corrected chi connectivity index (χ0v) is 11.1. The number of ether oxygens (including phenoxy) is 1. The Balaban J connectivity index is 1.87. The number of hydrogen-bond acceptors (Lipinski definition) is 3. The second kappa shape index (κ2) is 5.72. The maximum absolute atomic E-state index is 5.90. The molecule has 100 valence electrons. The van der Waals surface area contributed by atoms with Gasteiger partial charge in [0.15, 0.2) is 0 Å². The van der Waals surface area contributed by atoms with E-state index >= 15 is 0 Å². The monoisotopic (exact) mass is 264 g/mol. The summed E-state index contributed by atoms with van der Waals surface area (Å²) >= 11 is 0. The molecule has 0 saturated carbocycles. The summed E-state index contributed by atoms with van der Waals surface area (Å²) in [4.78, 5) is 4.43. The van der Waals surface area contributed by atoms with Crippen LogP contribution >= 0.6 is 0 Å².